The van der Waals surface area contributed by atoms with Gasteiger partial charge in [0, 0.05) is 24.0 Å². The lowest BCUT2D eigenvalue weighted by molar-refractivity contribution is -0.148. The fourth-order valence-corrected chi connectivity index (χ4v) is 4.06. The zero-order chi connectivity index (χ0) is 15.4. The summed E-state index contributed by atoms with van der Waals surface area (Å²) in [4.78, 5) is 27.0. The molecule has 22 heavy (non-hydrogen) atoms. The minimum Gasteiger partial charge on any atom is -0.469 e. The van der Waals surface area contributed by atoms with Crippen molar-refractivity contribution < 1.29 is 14.3 Å². The number of carbonyl (C=O) groups excluding carboxylic acids is 2. The molecule has 0 fully saturated rings. The van der Waals surface area contributed by atoms with Crippen LogP contribution in [0.5, 0.6) is 0 Å². The molecule has 2 atom stereocenters. The summed E-state index contributed by atoms with van der Waals surface area (Å²) in [5.41, 5.74) is 3.16. The summed E-state index contributed by atoms with van der Waals surface area (Å²) < 4.78 is 6.77. The van der Waals surface area contributed by atoms with E-state index in [0.29, 0.717) is 0 Å². The number of benzene rings is 1. The summed E-state index contributed by atoms with van der Waals surface area (Å²) in [7, 11) is 3.40. The zero-order valence-electron chi connectivity index (χ0n) is 12.7. The SMILES string of the molecule is COC(=O)C1CC(=O)n2c3c(c4ccccc42)CCN(C)C31. The van der Waals surface area contributed by atoms with Crippen molar-refractivity contribution in [2.45, 2.75) is 18.9 Å². The molecule has 5 nitrogen and oxygen atoms in total. The van der Waals surface area contributed by atoms with Crippen LogP contribution in [0.3, 0.4) is 0 Å². The fourth-order valence-electron chi connectivity index (χ4n) is 4.06. The molecule has 114 valence electrons. The van der Waals surface area contributed by atoms with Gasteiger partial charge in [0.15, 0.2) is 0 Å². The highest BCUT2D eigenvalue weighted by atomic mass is 16.5. The third-order valence-corrected chi connectivity index (χ3v) is 5.02. The number of likely N-dealkylation sites (N-methyl/N-ethyl adjacent to an activating group) is 1. The molecule has 5 heteroatoms. The predicted molar refractivity (Wildman–Crippen MR) is 81.8 cm³/mol. The van der Waals surface area contributed by atoms with Crippen molar-refractivity contribution in [3.63, 3.8) is 0 Å². The van der Waals surface area contributed by atoms with Crippen molar-refractivity contribution >= 4 is 22.8 Å². The van der Waals surface area contributed by atoms with E-state index in [-0.39, 0.29) is 24.3 Å². The van der Waals surface area contributed by atoms with Crippen LogP contribution < -0.4 is 0 Å². The second kappa shape index (κ2) is 4.68. The van der Waals surface area contributed by atoms with E-state index in [2.05, 4.69) is 11.0 Å². The minimum atomic E-state index is -0.418. The normalized spacial score (nSPS) is 24.4. The van der Waals surface area contributed by atoms with Gasteiger partial charge in [0.1, 0.15) is 0 Å². The first kappa shape index (κ1) is 13.5. The van der Waals surface area contributed by atoms with Crippen molar-refractivity contribution in [2.24, 2.45) is 5.92 Å². The highest BCUT2D eigenvalue weighted by molar-refractivity contribution is 5.99. The van der Waals surface area contributed by atoms with E-state index in [9.17, 15) is 9.59 Å². The smallest absolute Gasteiger partial charge is 0.311 e. The molecule has 0 amide bonds. The van der Waals surface area contributed by atoms with Crippen LogP contribution in [-0.2, 0) is 16.0 Å². The number of hydrogen-bond acceptors (Lipinski definition) is 4. The van der Waals surface area contributed by atoms with Crippen molar-refractivity contribution in [1.82, 2.24) is 9.47 Å². The third kappa shape index (κ3) is 1.63. The monoisotopic (exact) mass is 298 g/mol. The Morgan fingerprint density at radius 1 is 1.32 bits per heavy atom. The first-order valence-corrected chi connectivity index (χ1v) is 7.57. The highest BCUT2D eigenvalue weighted by Crippen LogP contribution is 2.44. The quantitative estimate of drug-likeness (QED) is 0.756. The third-order valence-electron chi connectivity index (χ3n) is 5.02. The number of esters is 1. The van der Waals surface area contributed by atoms with Gasteiger partial charge in [-0.05, 0) is 25.1 Å². The molecule has 2 unspecified atom stereocenters. The Hall–Kier alpha value is -2.14. The molecule has 0 spiro atoms. The molecule has 2 aromatic rings. The number of fused-ring (bicyclic) bond motifs is 3. The van der Waals surface area contributed by atoms with Crippen LogP contribution in [0.2, 0.25) is 0 Å². The van der Waals surface area contributed by atoms with E-state index in [1.54, 1.807) is 0 Å². The first-order chi connectivity index (χ1) is 10.6. The number of carbonyl (C=O) groups is 2. The number of methoxy groups -OCH3 is 1. The Labute approximate surface area is 128 Å². The molecule has 4 rings (SSSR count). The van der Waals surface area contributed by atoms with Crippen LogP contribution in [0.4, 0.5) is 0 Å². The maximum Gasteiger partial charge on any atom is 0.311 e. The highest BCUT2D eigenvalue weighted by Gasteiger charge is 2.45. The number of hydrogen-bond donors (Lipinski definition) is 0. The van der Waals surface area contributed by atoms with E-state index in [4.69, 9.17) is 4.74 Å². The van der Waals surface area contributed by atoms with Crippen LogP contribution in [0.1, 0.15) is 28.5 Å². The van der Waals surface area contributed by atoms with Crippen LogP contribution in [0.25, 0.3) is 10.9 Å². The summed E-state index contributed by atoms with van der Waals surface area (Å²) in [6, 6.07) is 7.93. The van der Waals surface area contributed by atoms with Crippen molar-refractivity contribution in [2.75, 3.05) is 20.7 Å². The topological polar surface area (TPSA) is 51.5 Å². The average molecular weight is 298 g/mol. The van der Waals surface area contributed by atoms with Crippen LogP contribution >= 0.6 is 0 Å². The van der Waals surface area contributed by atoms with Gasteiger partial charge in [0.05, 0.1) is 24.6 Å². The molecule has 1 aromatic heterocycles. The van der Waals surface area contributed by atoms with Gasteiger partial charge in [-0.3, -0.25) is 19.1 Å². The Morgan fingerprint density at radius 2 is 2.09 bits per heavy atom. The summed E-state index contributed by atoms with van der Waals surface area (Å²) in [6.07, 6.45) is 1.10. The average Bonchev–Trinajstić information content (AvgIpc) is 2.87. The lowest BCUT2D eigenvalue weighted by Crippen LogP contribution is -2.45. The van der Waals surface area contributed by atoms with Gasteiger partial charge in [-0.2, -0.15) is 0 Å². The van der Waals surface area contributed by atoms with Crippen LogP contribution in [-0.4, -0.2) is 42.0 Å². The number of nitrogens with zero attached hydrogens (tertiary/aromatic N) is 2. The van der Waals surface area contributed by atoms with Crippen molar-refractivity contribution in [3.8, 4) is 0 Å². The molecule has 0 radical (unpaired) electrons. The van der Waals surface area contributed by atoms with Gasteiger partial charge in [-0.15, -0.1) is 0 Å². The molecule has 0 saturated heterocycles. The lowest BCUT2D eigenvalue weighted by Gasteiger charge is -2.40. The molecule has 0 aliphatic carbocycles. The number of aromatic nitrogens is 1. The second-order valence-corrected chi connectivity index (χ2v) is 6.12. The van der Waals surface area contributed by atoms with Gasteiger partial charge in [0.25, 0.3) is 0 Å². The minimum absolute atomic E-state index is 0.0144. The second-order valence-electron chi connectivity index (χ2n) is 6.12. The number of rotatable bonds is 1. The number of ether oxygens (including phenoxy) is 1. The van der Waals surface area contributed by atoms with E-state index in [1.807, 2.05) is 29.8 Å². The van der Waals surface area contributed by atoms with Crippen LogP contribution in [0.15, 0.2) is 24.3 Å². The molecule has 1 aromatic carbocycles. The van der Waals surface area contributed by atoms with Gasteiger partial charge >= 0.3 is 5.97 Å². The molecule has 3 heterocycles. The Balaban J connectivity index is 2.02. The van der Waals surface area contributed by atoms with E-state index < -0.39 is 5.92 Å². The lowest BCUT2D eigenvalue weighted by atomic mass is 9.84. The fraction of sp³-hybridized carbons (Fsp3) is 0.412. The number of para-hydroxylation sites is 1. The maximum atomic E-state index is 12.7. The zero-order valence-corrected chi connectivity index (χ0v) is 12.7. The molecule has 0 N–H and O–H groups in total. The Kier molecular flexibility index (Phi) is 2.87. The summed E-state index contributed by atoms with van der Waals surface area (Å²) >= 11 is 0. The molecule has 2 aliphatic rings. The Bertz CT molecular complexity index is 793. The van der Waals surface area contributed by atoms with Gasteiger partial charge < -0.3 is 4.74 Å². The molecular weight excluding hydrogens is 280 g/mol. The predicted octanol–water partition coefficient (Wildman–Crippen LogP) is 2.00. The first-order valence-electron chi connectivity index (χ1n) is 7.57. The van der Waals surface area contributed by atoms with Gasteiger partial charge in [-0.25, -0.2) is 0 Å². The van der Waals surface area contributed by atoms with Crippen molar-refractivity contribution in [1.29, 1.82) is 0 Å². The molecule has 0 bridgehead atoms. The standard InChI is InChI=1S/C17H18N2O3/c1-18-8-7-11-10-5-3-4-6-13(10)19-14(20)9-12(17(21)22-2)15(18)16(11)19/h3-6,12,15H,7-9H2,1-2H3. The van der Waals surface area contributed by atoms with Crippen LogP contribution in [0, 0.1) is 5.92 Å². The van der Waals surface area contributed by atoms with Crippen molar-refractivity contribution in [3.05, 3.63) is 35.5 Å². The van der Waals surface area contributed by atoms with Gasteiger partial charge in [-0.1, -0.05) is 18.2 Å². The molecular formula is C17H18N2O3. The molecule has 2 aliphatic heterocycles. The van der Waals surface area contributed by atoms with Gasteiger partial charge in [0.2, 0.25) is 5.91 Å². The largest absolute Gasteiger partial charge is 0.469 e. The summed E-state index contributed by atoms with van der Waals surface area (Å²) in [5, 5.41) is 1.13. The molecule has 0 saturated carbocycles. The van der Waals surface area contributed by atoms with E-state index >= 15 is 0 Å². The maximum absolute atomic E-state index is 12.7. The summed E-state index contributed by atoms with van der Waals surface area (Å²) in [6.45, 7) is 0.882. The summed E-state index contributed by atoms with van der Waals surface area (Å²) in [5.74, 6) is -0.729. The van der Waals surface area contributed by atoms with E-state index in [0.717, 1.165) is 29.6 Å². The van der Waals surface area contributed by atoms with E-state index in [1.165, 1.54) is 12.7 Å². The Morgan fingerprint density at radius 3 is 2.86 bits per heavy atom.